The van der Waals surface area contributed by atoms with E-state index in [0.29, 0.717) is 42.0 Å². The van der Waals surface area contributed by atoms with Crippen molar-refractivity contribution in [3.63, 3.8) is 0 Å². The van der Waals surface area contributed by atoms with Gasteiger partial charge in [0.15, 0.2) is 17.5 Å². The van der Waals surface area contributed by atoms with E-state index in [0.717, 1.165) is 5.56 Å². The molecule has 3 N–H and O–H groups in total. The second-order valence-electron chi connectivity index (χ2n) is 6.14. The van der Waals surface area contributed by atoms with Crippen molar-refractivity contribution >= 4 is 17.6 Å². The first-order chi connectivity index (χ1) is 14.5. The second kappa shape index (κ2) is 11.5. The van der Waals surface area contributed by atoms with Crippen LogP contribution in [0.2, 0.25) is 0 Å². The Bertz CT molecular complexity index is 864. The monoisotopic (exact) mass is 418 g/mol. The molecule has 2 rings (SSSR count). The van der Waals surface area contributed by atoms with Gasteiger partial charge in [0.25, 0.3) is 0 Å². The van der Waals surface area contributed by atoms with Crippen molar-refractivity contribution in [1.29, 1.82) is 0 Å². The zero-order valence-corrected chi connectivity index (χ0v) is 17.5. The largest absolute Gasteiger partial charge is 0.493 e. The van der Waals surface area contributed by atoms with Crippen molar-refractivity contribution in [2.45, 2.75) is 13.5 Å². The van der Waals surface area contributed by atoms with E-state index in [-0.39, 0.29) is 12.5 Å². The fourth-order valence-electron chi connectivity index (χ4n) is 2.67. The Labute approximate surface area is 175 Å². The van der Waals surface area contributed by atoms with Crippen LogP contribution in [0.1, 0.15) is 12.5 Å². The van der Waals surface area contributed by atoms with Gasteiger partial charge >= 0.3 is 0 Å². The number of hydrogen-bond acceptors (Lipinski definition) is 5. The number of guanidine groups is 1. The van der Waals surface area contributed by atoms with Gasteiger partial charge in [-0.2, -0.15) is 0 Å². The number of halogens is 1. The molecular weight excluding hydrogens is 391 g/mol. The van der Waals surface area contributed by atoms with Gasteiger partial charge < -0.3 is 30.2 Å². The fraction of sp³-hybridized carbons (Fsp3) is 0.333. The Kier molecular flexibility index (Phi) is 8.74. The summed E-state index contributed by atoms with van der Waals surface area (Å²) in [6.45, 7) is 2.82. The van der Waals surface area contributed by atoms with Crippen LogP contribution in [0.5, 0.6) is 17.2 Å². The van der Waals surface area contributed by atoms with Crippen LogP contribution in [-0.4, -0.2) is 46.3 Å². The zero-order chi connectivity index (χ0) is 21.9. The molecule has 0 atom stereocenters. The maximum absolute atomic E-state index is 13.2. The number of nitrogens with zero attached hydrogens (tertiary/aromatic N) is 1. The predicted molar refractivity (Wildman–Crippen MR) is 114 cm³/mol. The molecule has 0 fully saturated rings. The lowest BCUT2D eigenvalue weighted by atomic mass is 10.2. The van der Waals surface area contributed by atoms with E-state index in [1.54, 1.807) is 27.4 Å². The van der Waals surface area contributed by atoms with Crippen molar-refractivity contribution in [3.8, 4) is 17.2 Å². The second-order valence-corrected chi connectivity index (χ2v) is 6.14. The minimum atomic E-state index is -0.416. The van der Waals surface area contributed by atoms with Crippen LogP contribution < -0.4 is 30.2 Å². The van der Waals surface area contributed by atoms with Crippen molar-refractivity contribution in [2.24, 2.45) is 4.99 Å². The lowest BCUT2D eigenvalue weighted by Crippen LogP contribution is -2.41. The molecule has 2 aromatic rings. The predicted octanol–water partition coefficient (Wildman–Crippen LogP) is 2.55. The normalized spacial score (nSPS) is 10.9. The molecule has 30 heavy (non-hydrogen) atoms. The molecule has 162 valence electrons. The third-order valence-electron chi connectivity index (χ3n) is 4.01. The topological polar surface area (TPSA) is 93.2 Å². The number of anilines is 1. The Balaban J connectivity index is 2.04. The van der Waals surface area contributed by atoms with E-state index >= 15 is 0 Å². The van der Waals surface area contributed by atoms with Crippen LogP contribution in [0, 0.1) is 5.82 Å². The number of methoxy groups -OCH3 is 3. The van der Waals surface area contributed by atoms with Crippen molar-refractivity contribution in [2.75, 3.05) is 39.7 Å². The summed E-state index contributed by atoms with van der Waals surface area (Å²) in [6, 6.07) is 9.33. The molecule has 0 spiro atoms. The Morgan fingerprint density at radius 1 is 1.03 bits per heavy atom. The molecule has 0 heterocycles. The fourth-order valence-corrected chi connectivity index (χ4v) is 2.67. The van der Waals surface area contributed by atoms with Gasteiger partial charge in [-0.15, -0.1) is 0 Å². The van der Waals surface area contributed by atoms with Crippen LogP contribution in [0.3, 0.4) is 0 Å². The highest BCUT2D eigenvalue weighted by molar-refractivity contribution is 5.94. The standard InChI is InChI=1S/C21H27FN4O4/c1-5-23-21(25-13-19(27)26-16-8-6-7-15(22)11-16)24-12-14-9-17(28-2)20(30-4)18(10-14)29-3/h6-11H,5,12-13H2,1-4H3,(H,26,27)(H2,23,24,25). The Morgan fingerprint density at radius 2 is 1.73 bits per heavy atom. The van der Waals surface area contributed by atoms with Crippen molar-refractivity contribution in [3.05, 3.63) is 47.8 Å². The Hall–Kier alpha value is -3.49. The van der Waals surface area contributed by atoms with Gasteiger partial charge in [-0.25, -0.2) is 9.38 Å². The number of aliphatic imine (C=N–C) groups is 1. The molecule has 2 aromatic carbocycles. The van der Waals surface area contributed by atoms with E-state index in [2.05, 4.69) is 20.9 Å². The number of rotatable bonds is 9. The van der Waals surface area contributed by atoms with E-state index in [1.165, 1.54) is 18.2 Å². The van der Waals surface area contributed by atoms with Gasteiger partial charge in [0.2, 0.25) is 11.7 Å². The van der Waals surface area contributed by atoms with Gasteiger partial charge in [0.05, 0.1) is 34.4 Å². The van der Waals surface area contributed by atoms with Gasteiger partial charge in [0.1, 0.15) is 5.82 Å². The summed E-state index contributed by atoms with van der Waals surface area (Å²) < 4.78 is 29.3. The maximum atomic E-state index is 13.2. The van der Waals surface area contributed by atoms with Crippen molar-refractivity contribution < 1.29 is 23.4 Å². The summed E-state index contributed by atoms with van der Waals surface area (Å²) in [6.07, 6.45) is 0. The molecule has 0 saturated carbocycles. The minimum absolute atomic E-state index is 0.0302. The highest BCUT2D eigenvalue weighted by Crippen LogP contribution is 2.38. The first-order valence-electron chi connectivity index (χ1n) is 9.37. The lowest BCUT2D eigenvalue weighted by molar-refractivity contribution is -0.115. The number of benzene rings is 2. The summed E-state index contributed by atoms with van der Waals surface area (Å²) in [7, 11) is 4.64. The third kappa shape index (κ3) is 6.54. The summed E-state index contributed by atoms with van der Waals surface area (Å²) in [4.78, 5) is 16.6. The highest BCUT2D eigenvalue weighted by Gasteiger charge is 2.13. The number of carbonyl (C=O) groups is 1. The molecule has 1 amide bonds. The number of amides is 1. The van der Waals surface area contributed by atoms with E-state index in [9.17, 15) is 9.18 Å². The molecule has 8 nitrogen and oxygen atoms in total. The smallest absolute Gasteiger partial charge is 0.243 e. The summed E-state index contributed by atoms with van der Waals surface area (Å²) >= 11 is 0. The Morgan fingerprint density at radius 3 is 2.30 bits per heavy atom. The highest BCUT2D eigenvalue weighted by atomic mass is 19.1. The van der Waals surface area contributed by atoms with E-state index in [4.69, 9.17) is 14.2 Å². The lowest BCUT2D eigenvalue weighted by Gasteiger charge is -2.14. The van der Waals surface area contributed by atoms with E-state index < -0.39 is 5.82 Å². The molecule has 0 aromatic heterocycles. The quantitative estimate of drug-likeness (QED) is 0.428. The molecule has 0 aliphatic carbocycles. The maximum Gasteiger partial charge on any atom is 0.243 e. The molecular formula is C21H27FN4O4. The number of hydrogen-bond donors (Lipinski definition) is 3. The van der Waals surface area contributed by atoms with E-state index in [1.807, 2.05) is 19.1 Å². The molecule has 0 radical (unpaired) electrons. The number of carbonyl (C=O) groups excluding carboxylic acids is 1. The van der Waals surface area contributed by atoms with Crippen LogP contribution in [0.4, 0.5) is 10.1 Å². The molecule has 0 aliphatic heterocycles. The number of ether oxygens (including phenoxy) is 3. The summed E-state index contributed by atoms with van der Waals surface area (Å²) in [5.41, 5.74) is 1.23. The van der Waals surface area contributed by atoms with Gasteiger partial charge in [-0.1, -0.05) is 6.07 Å². The summed E-state index contributed by atoms with van der Waals surface area (Å²) in [5.74, 6) is 1.30. The summed E-state index contributed by atoms with van der Waals surface area (Å²) in [5, 5.41) is 8.65. The van der Waals surface area contributed by atoms with Crippen LogP contribution in [-0.2, 0) is 11.3 Å². The number of nitrogens with one attached hydrogen (secondary N) is 3. The SMILES string of the molecule is CCNC(=NCc1cc(OC)c(OC)c(OC)c1)NCC(=O)Nc1cccc(F)c1. The van der Waals surface area contributed by atoms with Gasteiger partial charge in [-0.3, -0.25) is 4.79 Å². The van der Waals surface area contributed by atoms with Crippen LogP contribution in [0.15, 0.2) is 41.4 Å². The average Bonchev–Trinajstić information content (AvgIpc) is 2.74. The van der Waals surface area contributed by atoms with Crippen molar-refractivity contribution in [1.82, 2.24) is 10.6 Å². The van der Waals surface area contributed by atoms with Crippen LogP contribution >= 0.6 is 0 Å². The first-order valence-corrected chi connectivity index (χ1v) is 9.37. The minimum Gasteiger partial charge on any atom is -0.493 e. The van der Waals surface area contributed by atoms with Gasteiger partial charge in [-0.05, 0) is 42.8 Å². The molecule has 0 bridgehead atoms. The molecule has 0 aliphatic rings. The molecule has 0 saturated heterocycles. The third-order valence-corrected chi connectivity index (χ3v) is 4.01. The zero-order valence-electron chi connectivity index (χ0n) is 17.5. The van der Waals surface area contributed by atoms with Gasteiger partial charge in [0, 0.05) is 12.2 Å². The molecule has 0 unspecified atom stereocenters. The van der Waals surface area contributed by atoms with Crippen LogP contribution in [0.25, 0.3) is 0 Å². The molecule has 9 heteroatoms. The average molecular weight is 418 g/mol. The first kappa shape index (κ1) is 22.8.